The minimum absolute atomic E-state index is 0.0688. The van der Waals surface area contributed by atoms with Crippen molar-refractivity contribution in [3.8, 4) is 5.75 Å². The summed E-state index contributed by atoms with van der Waals surface area (Å²) >= 11 is 10.9. The number of thiocarbonyl (C=S) groups is 1. The van der Waals surface area contributed by atoms with Crippen LogP contribution in [0.15, 0.2) is 36.5 Å². The van der Waals surface area contributed by atoms with Crippen molar-refractivity contribution in [1.82, 2.24) is 4.98 Å². The van der Waals surface area contributed by atoms with Gasteiger partial charge in [0.1, 0.15) is 11.6 Å². The van der Waals surface area contributed by atoms with Gasteiger partial charge in [-0.1, -0.05) is 11.6 Å². The maximum absolute atomic E-state index is 10.7. The highest BCUT2D eigenvalue weighted by molar-refractivity contribution is 7.80. The Kier molecular flexibility index (Phi) is 5.08. The van der Waals surface area contributed by atoms with Crippen molar-refractivity contribution in [2.45, 2.75) is 0 Å². The average Bonchev–Trinajstić information content (AvgIpc) is 2.49. The maximum Gasteiger partial charge on any atom is 0.273 e. The average molecular weight is 339 g/mol. The molecule has 0 saturated carbocycles. The van der Waals surface area contributed by atoms with Crippen LogP contribution in [0.3, 0.4) is 0 Å². The summed E-state index contributed by atoms with van der Waals surface area (Å²) in [5.41, 5.74) is 0.431. The molecule has 0 atom stereocenters. The van der Waals surface area contributed by atoms with Crippen molar-refractivity contribution in [3.63, 3.8) is 0 Å². The van der Waals surface area contributed by atoms with E-state index in [-0.39, 0.29) is 10.8 Å². The van der Waals surface area contributed by atoms with Gasteiger partial charge in [0.2, 0.25) is 0 Å². The summed E-state index contributed by atoms with van der Waals surface area (Å²) in [5, 5.41) is 17.3. The van der Waals surface area contributed by atoms with Crippen LogP contribution < -0.4 is 15.4 Å². The predicted octanol–water partition coefficient (Wildman–Crippen LogP) is 3.46. The molecule has 22 heavy (non-hydrogen) atoms. The number of nitro benzene ring substituents is 1. The number of hydrogen-bond donors (Lipinski definition) is 2. The summed E-state index contributed by atoms with van der Waals surface area (Å²) in [4.78, 5) is 14.3. The van der Waals surface area contributed by atoms with Gasteiger partial charge in [-0.25, -0.2) is 4.98 Å². The minimum Gasteiger partial charge on any atom is -0.494 e. The number of pyridine rings is 1. The number of ether oxygens (including phenoxy) is 1. The lowest BCUT2D eigenvalue weighted by Gasteiger charge is -2.12. The molecule has 0 unspecified atom stereocenters. The molecule has 1 heterocycles. The summed E-state index contributed by atoms with van der Waals surface area (Å²) in [5.74, 6) is 0.824. The molecule has 1 aromatic heterocycles. The molecular weight excluding hydrogens is 328 g/mol. The Morgan fingerprint density at radius 3 is 2.73 bits per heavy atom. The number of benzene rings is 1. The normalized spacial score (nSPS) is 9.91. The molecule has 0 aliphatic carbocycles. The predicted molar refractivity (Wildman–Crippen MR) is 88.7 cm³/mol. The fourth-order valence-corrected chi connectivity index (χ4v) is 1.94. The Hall–Kier alpha value is -2.45. The van der Waals surface area contributed by atoms with E-state index in [0.717, 1.165) is 0 Å². The molecule has 0 amide bonds. The minimum atomic E-state index is -0.500. The lowest BCUT2D eigenvalue weighted by molar-refractivity contribution is -0.384. The molecule has 0 spiro atoms. The van der Waals surface area contributed by atoms with E-state index in [1.54, 1.807) is 12.1 Å². The number of aromatic nitrogens is 1. The van der Waals surface area contributed by atoms with Crippen molar-refractivity contribution in [2.24, 2.45) is 0 Å². The van der Waals surface area contributed by atoms with Crippen LogP contribution in [-0.2, 0) is 0 Å². The van der Waals surface area contributed by atoms with Gasteiger partial charge in [-0.15, -0.1) is 0 Å². The first-order valence-electron chi connectivity index (χ1n) is 6.01. The van der Waals surface area contributed by atoms with E-state index < -0.39 is 4.92 Å². The molecule has 0 aliphatic rings. The molecule has 0 radical (unpaired) electrons. The number of halogens is 1. The monoisotopic (exact) mass is 338 g/mol. The highest BCUT2D eigenvalue weighted by Gasteiger charge is 2.12. The molecule has 114 valence electrons. The molecule has 0 aliphatic heterocycles. The summed E-state index contributed by atoms with van der Waals surface area (Å²) < 4.78 is 5.12. The first-order valence-corrected chi connectivity index (χ1v) is 6.80. The largest absolute Gasteiger partial charge is 0.494 e. The van der Waals surface area contributed by atoms with E-state index in [4.69, 9.17) is 28.6 Å². The molecule has 0 fully saturated rings. The van der Waals surface area contributed by atoms with Crippen molar-refractivity contribution < 1.29 is 9.66 Å². The number of nitrogens with one attached hydrogen (secondary N) is 2. The molecule has 0 saturated heterocycles. The Morgan fingerprint density at radius 1 is 1.36 bits per heavy atom. The van der Waals surface area contributed by atoms with Crippen LogP contribution in [0.5, 0.6) is 5.75 Å². The molecule has 9 heteroatoms. The Balaban J connectivity index is 2.10. The quantitative estimate of drug-likeness (QED) is 0.501. The number of methoxy groups -OCH3 is 1. The standard InChI is InChI=1S/C13H11ClN4O3S/c1-21-11-6-9(18(19)20)3-4-10(11)16-13(22)17-12-5-2-8(14)7-15-12/h2-7H,1H3,(H2,15,16,17,22). The zero-order valence-corrected chi connectivity index (χ0v) is 12.9. The lowest BCUT2D eigenvalue weighted by Crippen LogP contribution is -2.20. The maximum atomic E-state index is 10.7. The number of nitro groups is 1. The van der Waals surface area contributed by atoms with Crippen LogP contribution in [0.4, 0.5) is 17.2 Å². The van der Waals surface area contributed by atoms with Gasteiger partial charge in [0.05, 0.1) is 28.8 Å². The fraction of sp³-hybridized carbons (Fsp3) is 0.0769. The first kappa shape index (κ1) is 15.9. The second-order valence-corrected chi connectivity index (χ2v) is 4.93. The first-order chi connectivity index (χ1) is 10.5. The van der Waals surface area contributed by atoms with Crippen molar-refractivity contribution >= 4 is 46.1 Å². The van der Waals surface area contributed by atoms with Crippen molar-refractivity contribution in [2.75, 3.05) is 17.7 Å². The van der Waals surface area contributed by atoms with Crippen LogP contribution >= 0.6 is 23.8 Å². The SMILES string of the molecule is COc1cc([N+](=O)[O-])ccc1NC(=S)Nc1ccc(Cl)cn1. The molecule has 2 aromatic rings. The summed E-state index contributed by atoms with van der Waals surface area (Å²) in [6.45, 7) is 0. The molecule has 1 aromatic carbocycles. The molecular formula is C13H11ClN4O3S. The van der Waals surface area contributed by atoms with Gasteiger partial charge < -0.3 is 15.4 Å². The van der Waals surface area contributed by atoms with E-state index in [0.29, 0.717) is 22.3 Å². The zero-order chi connectivity index (χ0) is 16.1. The molecule has 7 nitrogen and oxygen atoms in total. The van der Waals surface area contributed by atoms with Gasteiger partial charge in [0.15, 0.2) is 5.11 Å². The van der Waals surface area contributed by atoms with Crippen LogP contribution in [0.25, 0.3) is 0 Å². The summed E-state index contributed by atoms with van der Waals surface area (Å²) in [6, 6.07) is 7.52. The molecule has 2 N–H and O–H groups in total. The van der Waals surface area contributed by atoms with E-state index >= 15 is 0 Å². The van der Waals surface area contributed by atoms with Crippen LogP contribution in [0, 0.1) is 10.1 Å². The van der Waals surface area contributed by atoms with Gasteiger partial charge in [-0.2, -0.15) is 0 Å². The Labute approximate surface area is 136 Å². The number of rotatable bonds is 4. The van der Waals surface area contributed by atoms with Gasteiger partial charge >= 0.3 is 0 Å². The van der Waals surface area contributed by atoms with Gasteiger partial charge in [-0.05, 0) is 30.4 Å². The Bertz CT molecular complexity index is 709. The number of non-ortho nitro benzene ring substituents is 1. The van der Waals surface area contributed by atoms with Gasteiger partial charge in [0.25, 0.3) is 5.69 Å². The van der Waals surface area contributed by atoms with Crippen molar-refractivity contribution in [3.05, 3.63) is 51.7 Å². The van der Waals surface area contributed by atoms with E-state index in [9.17, 15) is 10.1 Å². The lowest BCUT2D eigenvalue weighted by atomic mass is 10.2. The Morgan fingerprint density at radius 2 is 2.14 bits per heavy atom. The summed E-state index contributed by atoms with van der Waals surface area (Å²) in [6.07, 6.45) is 1.49. The molecule has 2 rings (SSSR count). The smallest absolute Gasteiger partial charge is 0.273 e. The number of anilines is 2. The number of hydrogen-bond acceptors (Lipinski definition) is 5. The third kappa shape index (κ3) is 4.03. The van der Waals surface area contributed by atoms with E-state index in [1.807, 2.05) is 0 Å². The second-order valence-electron chi connectivity index (χ2n) is 4.08. The third-order valence-electron chi connectivity index (χ3n) is 2.61. The fourth-order valence-electron chi connectivity index (χ4n) is 1.62. The third-order valence-corrected chi connectivity index (χ3v) is 3.04. The highest BCUT2D eigenvalue weighted by atomic mass is 35.5. The second kappa shape index (κ2) is 7.01. The van der Waals surface area contributed by atoms with Gasteiger partial charge in [0, 0.05) is 12.3 Å². The number of nitrogens with zero attached hydrogens (tertiary/aromatic N) is 2. The van der Waals surface area contributed by atoms with Crippen LogP contribution in [0.1, 0.15) is 0 Å². The summed E-state index contributed by atoms with van der Waals surface area (Å²) in [7, 11) is 1.42. The van der Waals surface area contributed by atoms with Crippen molar-refractivity contribution in [1.29, 1.82) is 0 Å². The van der Waals surface area contributed by atoms with Gasteiger partial charge in [-0.3, -0.25) is 10.1 Å². The topological polar surface area (TPSA) is 89.3 Å². The van der Waals surface area contributed by atoms with E-state index in [1.165, 1.54) is 31.5 Å². The van der Waals surface area contributed by atoms with Crippen LogP contribution in [-0.4, -0.2) is 22.1 Å². The zero-order valence-electron chi connectivity index (χ0n) is 11.4. The molecule has 0 bridgehead atoms. The van der Waals surface area contributed by atoms with Crippen LogP contribution in [0.2, 0.25) is 5.02 Å². The highest BCUT2D eigenvalue weighted by Crippen LogP contribution is 2.29. The van der Waals surface area contributed by atoms with E-state index in [2.05, 4.69) is 15.6 Å².